The van der Waals surface area contributed by atoms with Crippen molar-refractivity contribution in [2.24, 2.45) is 11.8 Å². The fourth-order valence-electron chi connectivity index (χ4n) is 2.67. The number of carboxylic acid groups (broad SMARTS) is 2. The smallest absolute Gasteiger partial charge is 0.326 e. The van der Waals surface area contributed by atoms with Crippen molar-refractivity contribution in [2.75, 3.05) is 6.54 Å². The van der Waals surface area contributed by atoms with E-state index in [1.165, 1.54) is 0 Å². The molecule has 4 N–H and O–H groups in total. The van der Waals surface area contributed by atoms with Gasteiger partial charge in [0.05, 0.1) is 13.0 Å². The zero-order valence-corrected chi connectivity index (χ0v) is 15.5. The van der Waals surface area contributed by atoms with E-state index in [1.54, 1.807) is 30.3 Å². The molecule has 0 spiro atoms. The summed E-state index contributed by atoms with van der Waals surface area (Å²) >= 11 is 0. The summed E-state index contributed by atoms with van der Waals surface area (Å²) < 4.78 is 0. The SMILES string of the molecule is CC(C)CC(CC(=O)O)C(=O)NCC(=O)N[C@H](Cc1ccccc1)C(=O)O. The highest BCUT2D eigenvalue weighted by atomic mass is 16.4. The van der Waals surface area contributed by atoms with Crippen LogP contribution in [0.15, 0.2) is 30.3 Å². The first-order valence-corrected chi connectivity index (χ1v) is 8.74. The standard InChI is InChI=1S/C19H26N2O6/c1-12(2)8-14(10-17(23)24)18(25)20-11-16(22)21-15(19(26)27)9-13-6-4-3-5-7-13/h3-7,12,14-15H,8-11H2,1-2H3,(H,20,25)(H,21,22)(H,23,24)(H,26,27)/t14?,15-/m1/s1. The summed E-state index contributed by atoms with van der Waals surface area (Å²) in [5.41, 5.74) is 0.757. The molecule has 0 aliphatic rings. The predicted octanol–water partition coefficient (Wildman–Crippen LogP) is 1.05. The summed E-state index contributed by atoms with van der Waals surface area (Å²) in [5, 5.41) is 23.0. The lowest BCUT2D eigenvalue weighted by atomic mass is 9.93. The van der Waals surface area contributed by atoms with Crippen molar-refractivity contribution >= 4 is 23.8 Å². The molecule has 8 heteroatoms. The molecule has 8 nitrogen and oxygen atoms in total. The molecule has 0 heterocycles. The van der Waals surface area contributed by atoms with Crippen molar-refractivity contribution in [3.8, 4) is 0 Å². The van der Waals surface area contributed by atoms with Crippen LogP contribution < -0.4 is 10.6 Å². The molecule has 0 saturated carbocycles. The molecule has 0 radical (unpaired) electrons. The lowest BCUT2D eigenvalue weighted by molar-refractivity contribution is -0.142. The molecule has 0 aliphatic carbocycles. The minimum absolute atomic E-state index is 0.116. The summed E-state index contributed by atoms with van der Waals surface area (Å²) in [6.45, 7) is 3.33. The lowest BCUT2D eigenvalue weighted by Gasteiger charge is -2.18. The van der Waals surface area contributed by atoms with Crippen LogP contribution in [-0.4, -0.2) is 46.6 Å². The van der Waals surface area contributed by atoms with E-state index in [9.17, 15) is 24.3 Å². The van der Waals surface area contributed by atoms with E-state index in [4.69, 9.17) is 5.11 Å². The van der Waals surface area contributed by atoms with Gasteiger partial charge in [0.1, 0.15) is 6.04 Å². The monoisotopic (exact) mass is 378 g/mol. The van der Waals surface area contributed by atoms with Gasteiger partial charge in [0.2, 0.25) is 11.8 Å². The maximum atomic E-state index is 12.2. The van der Waals surface area contributed by atoms with Crippen molar-refractivity contribution in [3.05, 3.63) is 35.9 Å². The number of hydrogen-bond donors (Lipinski definition) is 4. The van der Waals surface area contributed by atoms with Crippen LogP contribution >= 0.6 is 0 Å². The van der Waals surface area contributed by atoms with Gasteiger partial charge in [-0.3, -0.25) is 14.4 Å². The van der Waals surface area contributed by atoms with E-state index >= 15 is 0 Å². The van der Waals surface area contributed by atoms with E-state index in [1.807, 2.05) is 13.8 Å². The van der Waals surface area contributed by atoms with Crippen molar-refractivity contribution in [3.63, 3.8) is 0 Å². The fraction of sp³-hybridized carbons (Fsp3) is 0.474. The first-order valence-electron chi connectivity index (χ1n) is 8.74. The Hall–Kier alpha value is -2.90. The van der Waals surface area contributed by atoms with E-state index in [2.05, 4.69) is 10.6 Å². The van der Waals surface area contributed by atoms with Gasteiger partial charge >= 0.3 is 11.9 Å². The van der Waals surface area contributed by atoms with Gasteiger partial charge in [-0.1, -0.05) is 44.2 Å². The van der Waals surface area contributed by atoms with E-state index in [0.29, 0.717) is 6.42 Å². The summed E-state index contributed by atoms with van der Waals surface area (Å²) in [4.78, 5) is 46.4. The minimum atomic E-state index is -1.18. The van der Waals surface area contributed by atoms with Gasteiger partial charge in [-0.15, -0.1) is 0 Å². The Morgan fingerprint density at radius 2 is 1.67 bits per heavy atom. The maximum absolute atomic E-state index is 12.2. The third-order valence-corrected chi connectivity index (χ3v) is 3.89. The van der Waals surface area contributed by atoms with Gasteiger partial charge in [0, 0.05) is 12.3 Å². The Kier molecular flexibility index (Phi) is 8.98. The lowest BCUT2D eigenvalue weighted by Crippen LogP contribution is -2.47. The van der Waals surface area contributed by atoms with Crippen LogP contribution in [0.3, 0.4) is 0 Å². The minimum Gasteiger partial charge on any atom is -0.481 e. The summed E-state index contributed by atoms with van der Waals surface area (Å²) in [6.07, 6.45) is 0.174. The molecular weight excluding hydrogens is 352 g/mol. The van der Waals surface area contributed by atoms with E-state index in [0.717, 1.165) is 5.56 Å². The number of carbonyl (C=O) groups excluding carboxylic acids is 2. The Balaban J connectivity index is 2.58. The number of carbonyl (C=O) groups is 4. The van der Waals surface area contributed by atoms with E-state index < -0.39 is 42.3 Å². The fourth-order valence-corrected chi connectivity index (χ4v) is 2.67. The highest BCUT2D eigenvalue weighted by molar-refractivity contribution is 5.89. The second-order valence-corrected chi connectivity index (χ2v) is 6.79. The van der Waals surface area contributed by atoms with Crippen molar-refractivity contribution in [2.45, 2.75) is 39.2 Å². The topological polar surface area (TPSA) is 133 Å². The summed E-state index contributed by atoms with van der Waals surface area (Å²) in [7, 11) is 0. The average molecular weight is 378 g/mol. The second kappa shape index (κ2) is 10.9. The second-order valence-electron chi connectivity index (χ2n) is 6.79. The Bertz CT molecular complexity index is 659. The highest BCUT2D eigenvalue weighted by Crippen LogP contribution is 2.15. The van der Waals surface area contributed by atoms with Crippen LogP contribution in [0.1, 0.15) is 32.3 Å². The molecule has 27 heavy (non-hydrogen) atoms. The van der Waals surface area contributed by atoms with Crippen molar-refractivity contribution in [1.82, 2.24) is 10.6 Å². The first-order chi connectivity index (χ1) is 12.7. The zero-order chi connectivity index (χ0) is 20.4. The zero-order valence-electron chi connectivity index (χ0n) is 15.5. The number of aliphatic carboxylic acids is 2. The van der Waals surface area contributed by atoms with Crippen molar-refractivity contribution < 1.29 is 29.4 Å². The summed E-state index contributed by atoms with van der Waals surface area (Å²) in [5.74, 6) is -4.07. The molecule has 1 rings (SSSR count). The first kappa shape index (κ1) is 22.1. The van der Waals surface area contributed by atoms with Gasteiger partial charge < -0.3 is 20.8 Å². The maximum Gasteiger partial charge on any atom is 0.326 e. The van der Waals surface area contributed by atoms with Crippen molar-refractivity contribution in [1.29, 1.82) is 0 Å². The molecule has 0 fully saturated rings. The molecule has 148 valence electrons. The van der Waals surface area contributed by atoms with Gasteiger partial charge in [0.25, 0.3) is 0 Å². The molecule has 1 aromatic carbocycles. The average Bonchev–Trinajstić information content (AvgIpc) is 2.58. The Morgan fingerprint density at radius 3 is 2.19 bits per heavy atom. The highest BCUT2D eigenvalue weighted by Gasteiger charge is 2.24. The largest absolute Gasteiger partial charge is 0.481 e. The number of nitrogens with one attached hydrogen (secondary N) is 2. The van der Waals surface area contributed by atoms with Gasteiger partial charge in [0.15, 0.2) is 0 Å². The molecule has 0 bridgehead atoms. The molecule has 0 aromatic heterocycles. The number of carboxylic acids is 2. The van der Waals surface area contributed by atoms with Crippen LogP contribution in [0, 0.1) is 11.8 Å². The van der Waals surface area contributed by atoms with Crippen LogP contribution in [0.5, 0.6) is 0 Å². The Morgan fingerprint density at radius 1 is 1.04 bits per heavy atom. The van der Waals surface area contributed by atoms with Gasteiger partial charge in [-0.25, -0.2) is 4.79 Å². The number of benzene rings is 1. The number of hydrogen-bond acceptors (Lipinski definition) is 4. The van der Waals surface area contributed by atoms with E-state index in [-0.39, 0.29) is 18.8 Å². The van der Waals surface area contributed by atoms with Gasteiger partial charge in [-0.2, -0.15) is 0 Å². The van der Waals surface area contributed by atoms with Gasteiger partial charge in [-0.05, 0) is 17.9 Å². The molecule has 1 aromatic rings. The quantitative estimate of drug-likeness (QED) is 0.455. The predicted molar refractivity (Wildman–Crippen MR) is 97.9 cm³/mol. The third-order valence-electron chi connectivity index (χ3n) is 3.89. The molecule has 0 saturated heterocycles. The molecule has 2 atom stereocenters. The normalized spacial score (nSPS) is 12.9. The summed E-state index contributed by atoms with van der Waals surface area (Å²) in [6, 6.07) is 7.74. The molecule has 0 aliphatic heterocycles. The van der Waals surface area contributed by atoms with Crippen LogP contribution in [0.2, 0.25) is 0 Å². The Labute approximate surface area is 158 Å². The van der Waals surface area contributed by atoms with Crippen LogP contribution in [0.25, 0.3) is 0 Å². The number of amides is 2. The third kappa shape index (κ3) is 8.84. The van der Waals surface area contributed by atoms with Crippen LogP contribution in [0.4, 0.5) is 0 Å². The van der Waals surface area contributed by atoms with Crippen LogP contribution in [-0.2, 0) is 25.6 Å². The number of rotatable bonds is 11. The molecule has 1 unspecified atom stereocenters. The molecule has 2 amide bonds. The molecular formula is C19H26N2O6.